The zero-order valence-corrected chi connectivity index (χ0v) is 3.91. The fourth-order valence-electron chi connectivity index (χ4n) is 0.0732. The fourth-order valence-corrected chi connectivity index (χ4v) is 0.0732. The first-order chi connectivity index (χ1) is 3.81. The van der Waals surface area contributed by atoms with Crippen LogP contribution in [0.15, 0.2) is 0 Å². The van der Waals surface area contributed by atoms with E-state index in [9.17, 15) is 21.8 Å². The standard InChI is InChI=1S/C2BF5N/c4-2(5,6)3(7,8)1-9/q-1. The molecule has 0 aromatic heterocycles. The largest absolute Gasteiger partial charge is 0.509 e. The molecule has 0 saturated heterocycles. The van der Waals surface area contributed by atoms with Crippen LogP contribution in [0.5, 0.6) is 0 Å². The SMILES string of the molecule is N#C[B-](F)(F)C(F)(F)F. The third-order valence-electron chi connectivity index (χ3n) is 0.573. The van der Waals surface area contributed by atoms with Crippen LogP contribution in [0.3, 0.4) is 0 Å². The van der Waals surface area contributed by atoms with Gasteiger partial charge in [-0.15, -0.1) is 0 Å². The van der Waals surface area contributed by atoms with Crippen molar-refractivity contribution in [3.8, 4) is 5.97 Å². The summed E-state index contributed by atoms with van der Waals surface area (Å²) in [6.07, 6.45) is -5.69. The van der Waals surface area contributed by atoms with Gasteiger partial charge in [-0.3, -0.25) is 0 Å². The minimum absolute atomic E-state index is 0.115. The summed E-state index contributed by atoms with van der Waals surface area (Å²) in [6, 6.07) is 0. The van der Waals surface area contributed by atoms with Gasteiger partial charge in [0.05, 0.1) is 0 Å². The molecule has 0 N–H and O–H groups in total. The van der Waals surface area contributed by atoms with Crippen molar-refractivity contribution in [2.24, 2.45) is 0 Å². The van der Waals surface area contributed by atoms with Crippen molar-refractivity contribution in [2.45, 2.75) is 6.08 Å². The lowest BCUT2D eigenvalue weighted by Gasteiger charge is -2.18. The Bertz CT molecular complexity index is 142. The number of hydrogen-bond donors (Lipinski definition) is 0. The molecule has 0 rings (SSSR count). The number of nitriles is 1. The zero-order chi connectivity index (χ0) is 7.71. The van der Waals surface area contributed by atoms with Crippen LogP contribution in [0.1, 0.15) is 0 Å². The lowest BCUT2D eigenvalue weighted by Crippen LogP contribution is -2.40. The highest BCUT2D eigenvalue weighted by Gasteiger charge is 2.52. The molecule has 0 saturated carbocycles. The average molecular weight is 144 g/mol. The molecule has 0 amide bonds. The molecule has 0 unspecified atom stereocenters. The van der Waals surface area contributed by atoms with Gasteiger partial charge in [0.15, 0.2) is 0 Å². The van der Waals surface area contributed by atoms with Crippen LogP contribution >= 0.6 is 0 Å². The van der Waals surface area contributed by atoms with Crippen molar-refractivity contribution in [1.82, 2.24) is 0 Å². The van der Waals surface area contributed by atoms with E-state index in [4.69, 9.17) is 5.26 Å². The fraction of sp³-hybridized carbons (Fsp3) is 0.500. The van der Waals surface area contributed by atoms with Crippen molar-refractivity contribution in [3.63, 3.8) is 0 Å². The van der Waals surface area contributed by atoms with Gasteiger partial charge in [0.2, 0.25) is 0 Å². The second-order valence-corrected chi connectivity index (χ2v) is 1.33. The second kappa shape index (κ2) is 1.86. The molecule has 0 atom stereocenters. The van der Waals surface area contributed by atoms with E-state index in [1.807, 2.05) is 0 Å². The first-order valence-electron chi connectivity index (χ1n) is 1.80. The number of hydrogen-bond acceptors (Lipinski definition) is 1. The van der Waals surface area contributed by atoms with Crippen molar-refractivity contribution in [1.29, 1.82) is 5.26 Å². The van der Waals surface area contributed by atoms with Gasteiger partial charge in [-0.2, -0.15) is 0 Å². The van der Waals surface area contributed by atoms with Gasteiger partial charge >= 0.3 is 12.8 Å². The lowest BCUT2D eigenvalue weighted by molar-refractivity contribution is -0.0701. The van der Waals surface area contributed by atoms with Gasteiger partial charge in [-0.25, -0.2) is 18.4 Å². The third-order valence-corrected chi connectivity index (χ3v) is 0.573. The van der Waals surface area contributed by atoms with Gasteiger partial charge in [-0.05, 0) is 0 Å². The number of halogens is 5. The predicted molar refractivity (Wildman–Crippen MR) is 19.6 cm³/mol. The molecule has 0 spiro atoms. The Morgan fingerprint density at radius 2 is 1.56 bits per heavy atom. The molecule has 0 heterocycles. The molecular formula is C2BF5N-. The van der Waals surface area contributed by atoms with Crippen LogP contribution < -0.4 is 0 Å². The van der Waals surface area contributed by atoms with E-state index in [0.29, 0.717) is 0 Å². The minimum Gasteiger partial charge on any atom is -0.459 e. The van der Waals surface area contributed by atoms with Crippen molar-refractivity contribution >= 4 is 6.70 Å². The molecule has 1 nitrogen and oxygen atoms in total. The molecule has 52 valence electrons. The van der Waals surface area contributed by atoms with Gasteiger partial charge in [-0.1, -0.05) is 5.97 Å². The summed E-state index contributed by atoms with van der Waals surface area (Å²) in [5.41, 5.74) is 0. The Balaban J connectivity index is 4.39. The Hall–Kier alpha value is -0.795. The van der Waals surface area contributed by atoms with Crippen LogP contribution in [0, 0.1) is 11.2 Å². The van der Waals surface area contributed by atoms with E-state index in [1.165, 1.54) is 0 Å². The highest BCUT2D eigenvalue weighted by Crippen LogP contribution is 2.29. The van der Waals surface area contributed by atoms with Gasteiger partial charge in [0.1, 0.15) is 0 Å². The number of rotatable bonds is 0. The number of alkyl halides is 3. The monoisotopic (exact) mass is 144 g/mol. The van der Waals surface area contributed by atoms with E-state index in [0.717, 1.165) is 0 Å². The van der Waals surface area contributed by atoms with Crippen LogP contribution in [-0.2, 0) is 0 Å². The average Bonchev–Trinajstić information content (AvgIpc) is 1.64. The number of nitrogens with zero attached hydrogens (tertiary/aromatic N) is 1. The molecule has 0 aliphatic heterocycles. The molecule has 7 heteroatoms. The molecule has 0 aromatic carbocycles. The molecular weight excluding hydrogens is 144 g/mol. The summed E-state index contributed by atoms with van der Waals surface area (Å²) < 4.78 is 55.1. The summed E-state index contributed by atoms with van der Waals surface area (Å²) in [5.74, 6) is -0.115. The van der Waals surface area contributed by atoms with Crippen LogP contribution in [-0.4, -0.2) is 12.8 Å². The smallest absolute Gasteiger partial charge is 0.459 e. The maximum atomic E-state index is 11.2. The quantitative estimate of drug-likeness (QED) is 0.373. The topological polar surface area (TPSA) is 23.8 Å². The molecule has 0 aliphatic carbocycles. The highest BCUT2D eigenvalue weighted by atomic mass is 19.4. The van der Waals surface area contributed by atoms with Gasteiger partial charge in [0, 0.05) is 0 Å². The molecule has 0 aromatic rings. The molecule has 0 fully saturated rings. The summed E-state index contributed by atoms with van der Waals surface area (Å²) in [4.78, 5) is 0. The maximum Gasteiger partial charge on any atom is 0.509 e. The molecule has 0 bridgehead atoms. The normalized spacial score (nSPS) is 12.9. The lowest BCUT2D eigenvalue weighted by atomic mass is 9.66. The van der Waals surface area contributed by atoms with Gasteiger partial charge in [0.25, 0.3) is 0 Å². The zero-order valence-electron chi connectivity index (χ0n) is 3.91. The Labute approximate surface area is 47.1 Å². The summed E-state index contributed by atoms with van der Waals surface area (Å²) in [7, 11) is 0. The van der Waals surface area contributed by atoms with E-state index in [-0.39, 0.29) is 5.97 Å². The van der Waals surface area contributed by atoms with Crippen molar-refractivity contribution in [2.75, 3.05) is 0 Å². The van der Waals surface area contributed by atoms with Crippen LogP contribution in [0.4, 0.5) is 21.8 Å². The van der Waals surface area contributed by atoms with Crippen molar-refractivity contribution < 1.29 is 21.8 Å². The first-order valence-corrected chi connectivity index (χ1v) is 1.80. The van der Waals surface area contributed by atoms with Crippen molar-refractivity contribution in [3.05, 3.63) is 0 Å². The highest BCUT2D eigenvalue weighted by molar-refractivity contribution is 6.75. The Morgan fingerprint density at radius 3 is 1.56 bits per heavy atom. The summed E-state index contributed by atoms with van der Waals surface area (Å²) in [5, 5.41) is 7.24. The summed E-state index contributed by atoms with van der Waals surface area (Å²) >= 11 is 0. The van der Waals surface area contributed by atoms with E-state index in [1.54, 1.807) is 0 Å². The van der Waals surface area contributed by atoms with Crippen LogP contribution in [0.2, 0.25) is 0 Å². The minimum atomic E-state index is -5.83. The van der Waals surface area contributed by atoms with E-state index >= 15 is 0 Å². The predicted octanol–water partition coefficient (Wildman–Crippen LogP) is 1.53. The maximum absolute atomic E-state index is 11.2. The second-order valence-electron chi connectivity index (χ2n) is 1.33. The summed E-state index contributed by atoms with van der Waals surface area (Å²) in [6.45, 7) is -5.83. The van der Waals surface area contributed by atoms with E-state index in [2.05, 4.69) is 0 Å². The van der Waals surface area contributed by atoms with E-state index < -0.39 is 12.8 Å². The molecule has 9 heavy (non-hydrogen) atoms. The molecule has 0 radical (unpaired) electrons. The van der Waals surface area contributed by atoms with Gasteiger partial charge < -0.3 is 8.63 Å². The third kappa shape index (κ3) is 1.55. The molecule has 0 aliphatic rings. The first kappa shape index (κ1) is 8.20. The Morgan fingerprint density at radius 1 is 1.22 bits per heavy atom. The Kier molecular flexibility index (Phi) is 1.70. The van der Waals surface area contributed by atoms with Crippen LogP contribution in [0.25, 0.3) is 0 Å².